The van der Waals surface area contributed by atoms with Gasteiger partial charge < -0.3 is 0 Å². The van der Waals surface area contributed by atoms with Crippen LogP contribution in [0.3, 0.4) is 0 Å². The Kier molecular flexibility index (Phi) is 5.27. The summed E-state index contributed by atoms with van der Waals surface area (Å²) in [6.45, 7) is 2.06. The topological polar surface area (TPSA) is 17.8 Å². The van der Waals surface area contributed by atoms with Gasteiger partial charge in [0.2, 0.25) is 0 Å². The zero-order chi connectivity index (χ0) is 16.6. The second-order valence-electron chi connectivity index (χ2n) is 4.99. The molecule has 0 aliphatic heterocycles. The molecule has 120 valence electrons. The lowest BCUT2D eigenvalue weighted by molar-refractivity contribution is 0.151. The van der Waals surface area contributed by atoms with Crippen molar-refractivity contribution in [2.24, 2.45) is 0 Å². The minimum Gasteiger partial charge on any atom is -0.262 e. The first-order chi connectivity index (χ1) is 11.1. The summed E-state index contributed by atoms with van der Waals surface area (Å²) in [5.41, 5.74) is 3.74. The van der Waals surface area contributed by atoms with Crippen LogP contribution < -0.4 is 0 Å². The van der Waals surface area contributed by atoms with Gasteiger partial charge in [-0.3, -0.25) is 3.97 Å². The van der Waals surface area contributed by atoms with Gasteiger partial charge in [0.1, 0.15) is 0 Å². The maximum atomic E-state index is 13.1. The minimum atomic E-state index is -2.47. The highest BCUT2D eigenvalue weighted by Crippen LogP contribution is 2.40. The van der Waals surface area contributed by atoms with E-state index >= 15 is 0 Å². The monoisotopic (exact) mass is 508 g/mol. The third-order valence-corrected chi connectivity index (χ3v) is 5.81. The zero-order valence-electron chi connectivity index (χ0n) is 12.1. The van der Waals surface area contributed by atoms with E-state index in [1.165, 1.54) is 6.07 Å². The molecule has 0 amide bonds. The number of pyridine rings is 1. The van der Waals surface area contributed by atoms with Crippen molar-refractivity contribution in [1.29, 1.82) is 0 Å². The van der Waals surface area contributed by atoms with Crippen LogP contribution >= 0.6 is 46.3 Å². The minimum absolute atomic E-state index is 0.0375. The van der Waals surface area contributed by atoms with Gasteiger partial charge in [-0.15, -0.1) is 0 Å². The Bertz CT molecular complexity index is 867. The average Bonchev–Trinajstić information content (AvgIpc) is 2.87. The highest BCUT2D eigenvalue weighted by atomic mass is 127. The molecule has 3 aromatic rings. The van der Waals surface area contributed by atoms with Crippen molar-refractivity contribution in [3.05, 3.63) is 52.3 Å². The third-order valence-electron chi connectivity index (χ3n) is 3.66. The number of alkyl halides is 2. The Balaban J connectivity index is 2.35. The molecule has 2 aromatic heterocycles. The number of hydrogen-bond donors (Lipinski definition) is 0. The number of benzene rings is 1. The molecule has 23 heavy (non-hydrogen) atoms. The quantitative estimate of drug-likeness (QED) is 0.360. The summed E-state index contributed by atoms with van der Waals surface area (Å²) in [5, 5.41) is 0.965. The van der Waals surface area contributed by atoms with Gasteiger partial charge in [-0.2, -0.15) is 0 Å². The van der Waals surface area contributed by atoms with Crippen LogP contribution in [0.2, 0.25) is 0 Å². The molecule has 0 saturated heterocycles. The molecule has 7 heteroatoms. The lowest BCUT2D eigenvalue weighted by Gasteiger charge is -2.08. The van der Waals surface area contributed by atoms with Crippen LogP contribution in [0.25, 0.3) is 22.2 Å². The Hall–Kier alpha value is -0.670. The van der Waals surface area contributed by atoms with Gasteiger partial charge in [0.25, 0.3) is 6.43 Å². The summed E-state index contributed by atoms with van der Waals surface area (Å²) in [7, 11) is 1.54. The maximum Gasteiger partial charge on any atom is 0.263 e. The largest absolute Gasteiger partial charge is 0.263 e. The Labute approximate surface area is 157 Å². The van der Waals surface area contributed by atoms with Crippen molar-refractivity contribution < 1.29 is 8.78 Å². The zero-order valence-corrected chi connectivity index (χ0v) is 16.6. The number of halogens is 4. The van der Waals surface area contributed by atoms with E-state index in [1.807, 2.05) is 12.1 Å². The van der Waals surface area contributed by atoms with Gasteiger partial charge in [0, 0.05) is 63.2 Å². The summed E-state index contributed by atoms with van der Waals surface area (Å²) < 4.78 is 29.1. The van der Waals surface area contributed by atoms with Crippen LogP contribution in [-0.2, 0) is 6.42 Å². The van der Waals surface area contributed by atoms with Crippen LogP contribution in [0.15, 0.2) is 41.0 Å². The van der Waals surface area contributed by atoms with Crippen molar-refractivity contribution in [3.63, 3.8) is 0 Å². The molecule has 1 aromatic carbocycles. The number of aromatic nitrogens is 2. The fourth-order valence-corrected chi connectivity index (χ4v) is 4.83. The normalized spacial score (nSPS) is 11.6. The molecule has 0 fully saturated rings. The predicted molar refractivity (Wildman–Crippen MR) is 104 cm³/mol. The van der Waals surface area contributed by atoms with Gasteiger partial charge in [-0.05, 0) is 40.0 Å². The average molecular weight is 509 g/mol. The van der Waals surface area contributed by atoms with Crippen LogP contribution in [-0.4, -0.2) is 8.96 Å². The summed E-state index contributed by atoms with van der Waals surface area (Å²) in [6, 6.07) is 8.59. The molecule has 0 radical (unpaired) electrons. The highest BCUT2D eigenvalue weighted by molar-refractivity contribution is 14.2. The highest BCUT2D eigenvalue weighted by Gasteiger charge is 2.20. The van der Waals surface area contributed by atoms with Gasteiger partial charge in [0.15, 0.2) is 5.65 Å². The second-order valence-corrected chi connectivity index (χ2v) is 7.59. The van der Waals surface area contributed by atoms with E-state index in [1.54, 1.807) is 27.4 Å². The van der Waals surface area contributed by atoms with Crippen molar-refractivity contribution >= 4 is 57.3 Å². The molecule has 0 unspecified atom stereocenters. The fourth-order valence-electron chi connectivity index (χ4n) is 2.71. The van der Waals surface area contributed by atoms with Crippen LogP contribution in [0.5, 0.6) is 0 Å². The van der Waals surface area contributed by atoms with Crippen molar-refractivity contribution in [2.75, 3.05) is 0 Å². The molecule has 0 spiro atoms. The Morgan fingerprint density at radius 1 is 1.35 bits per heavy atom. The van der Waals surface area contributed by atoms with Crippen LogP contribution in [0.4, 0.5) is 8.78 Å². The van der Waals surface area contributed by atoms with Crippen LogP contribution in [0, 0.1) is 0 Å². The smallest absolute Gasteiger partial charge is 0.262 e. The fraction of sp³-hybridized carbons (Fsp3) is 0.188. The molecule has 3 rings (SSSR count). The predicted octanol–water partition coefficient (Wildman–Crippen LogP) is 6.81. The van der Waals surface area contributed by atoms with E-state index in [2.05, 4.69) is 53.0 Å². The van der Waals surface area contributed by atoms with Crippen molar-refractivity contribution in [1.82, 2.24) is 8.96 Å². The van der Waals surface area contributed by atoms with Crippen molar-refractivity contribution in [3.8, 4) is 11.1 Å². The Morgan fingerprint density at radius 3 is 2.78 bits per heavy atom. The molecule has 0 bridgehead atoms. The van der Waals surface area contributed by atoms with Gasteiger partial charge >= 0.3 is 0 Å². The number of rotatable bonds is 4. The maximum absolute atomic E-state index is 13.1. The molecule has 0 saturated carbocycles. The first-order valence-electron chi connectivity index (χ1n) is 6.93. The lowest BCUT2D eigenvalue weighted by Crippen LogP contribution is -1.93. The SMILES string of the molecule is CCc1c(-c2cccc(C(F)F)c2)c2cc(Br)cnc2n1SI. The lowest BCUT2D eigenvalue weighted by atomic mass is 10.00. The third kappa shape index (κ3) is 3.15. The molecule has 0 aliphatic rings. The van der Waals surface area contributed by atoms with E-state index in [0.29, 0.717) is 0 Å². The first-order valence-corrected chi connectivity index (χ1v) is 11.0. The van der Waals surface area contributed by atoms with Gasteiger partial charge in [0.05, 0.1) is 0 Å². The van der Waals surface area contributed by atoms with Crippen LogP contribution in [0.1, 0.15) is 24.6 Å². The molecule has 0 N–H and O–H groups in total. The van der Waals surface area contributed by atoms with E-state index in [9.17, 15) is 8.78 Å². The Morgan fingerprint density at radius 2 is 2.13 bits per heavy atom. The van der Waals surface area contributed by atoms with E-state index in [0.717, 1.165) is 38.7 Å². The molecular weight excluding hydrogens is 497 g/mol. The van der Waals surface area contributed by atoms with E-state index < -0.39 is 6.43 Å². The molecule has 2 heterocycles. The van der Waals surface area contributed by atoms with Gasteiger partial charge in [-0.25, -0.2) is 13.8 Å². The molecule has 0 aliphatic carbocycles. The standard InChI is InChI=1S/C16H12BrF2IN2S/c1-2-13-14(9-4-3-5-10(6-9)15(18)19)12-7-11(17)8-21-16(12)22(13)23-20/h3-8,15H,2H2,1H3. The second kappa shape index (κ2) is 7.06. The summed E-state index contributed by atoms with van der Waals surface area (Å²) in [6.07, 6.45) is 0.0695. The number of fused-ring (bicyclic) bond motifs is 1. The molecular formula is C16H12BrF2IN2S. The number of nitrogens with zero attached hydrogens (tertiary/aromatic N) is 2. The summed E-state index contributed by atoms with van der Waals surface area (Å²) >= 11 is 5.67. The van der Waals surface area contributed by atoms with Gasteiger partial charge in [-0.1, -0.05) is 25.1 Å². The van der Waals surface area contributed by atoms with Crippen molar-refractivity contribution in [2.45, 2.75) is 19.8 Å². The summed E-state index contributed by atoms with van der Waals surface area (Å²) in [5.74, 6) is 0. The first kappa shape index (κ1) is 17.2. The molecule has 0 atom stereocenters. The van der Waals surface area contributed by atoms with E-state index in [-0.39, 0.29) is 5.56 Å². The summed E-state index contributed by atoms with van der Waals surface area (Å²) in [4.78, 5) is 4.51. The van der Waals surface area contributed by atoms with E-state index in [4.69, 9.17) is 0 Å². The molecule has 2 nitrogen and oxygen atoms in total. The number of hydrogen-bond acceptors (Lipinski definition) is 2.